The molecular weight excluding hydrogens is 477 g/mol. The molecule has 1 fully saturated rings. The number of amides is 1. The van der Waals surface area contributed by atoms with Gasteiger partial charge in [-0.15, -0.1) is 0 Å². The number of halogens is 1. The number of likely N-dealkylation sites (tertiary alicyclic amines) is 1. The third-order valence-corrected chi connectivity index (χ3v) is 6.48. The summed E-state index contributed by atoms with van der Waals surface area (Å²) >= 11 is 2.14. The Hall–Kier alpha value is -1.80. The first-order valence-electron chi connectivity index (χ1n) is 10.2. The van der Waals surface area contributed by atoms with Gasteiger partial charge in [-0.3, -0.25) is 4.79 Å². The van der Waals surface area contributed by atoms with Gasteiger partial charge >= 0.3 is 0 Å². The van der Waals surface area contributed by atoms with Crippen molar-refractivity contribution in [3.63, 3.8) is 0 Å². The number of anilines is 1. The lowest BCUT2D eigenvalue weighted by molar-refractivity contribution is 0.0908. The zero-order valence-corrected chi connectivity index (χ0v) is 19.4. The molecule has 0 saturated carbocycles. The van der Waals surface area contributed by atoms with Crippen molar-refractivity contribution in [3.8, 4) is 5.75 Å². The lowest BCUT2D eigenvalue weighted by Crippen LogP contribution is -2.45. The molecule has 0 spiro atoms. The van der Waals surface area contributed by atoms with E-state index in [0.29, 0.717) is 17.0 Å². The third-order valence-electron chi connectivity index (χ3n) is 5.55. The summed E-state index contributed by atoms with van der Waals surface area (Å²) in [5.74, 6) is 0.437. The van der Waals surface area contributed by atoms with E-state index >= 15 is 0 Å². The van der Waals surface area contributed by atoms with Crippen LogP contribution in [-0.4, -0.2) is 43.6 Å². The highest BCUT2D eigenvalue weighted by Gasteiger charge is 2.23. The molecular formula is C23H30IN3O2. The van der Waals surface area contributed by atoms with E-state index in [1.54, 1.807) is 19.2 Å². The maximum Gasteiger partial charge on any atom is 0.255 e. The maximum absolute atomic E-state index is 12.7. The molecule has 0 unspecified atom stereocenters. The average Bonchev–Trinajstić information content (AvgIpc) is 2.72. The number of carbonyl (C=O) groups is 1. The summed E-state index contributed by atoms with van der Waals surface area (Å²) in [6.45, 7) is 5.28. The molecule has 2 aromatic rings. The fourth-order valence-electron chi connectivity index (χ4n) is 3.74. The van der Waals surface area contributed by atoms with Crippen molar-refractivity contribution in [2.24, 2.45) is 0 Å². The molecule has 156 valence electrons. The molecule has 0 aliphatic carbocycles. The Labute approximate surface area is 187 Å². The highest BCUT2D eigenvalue weighted by Crippen LogP contribution is 2.27. The largest absolute Gasteiger partial charge is 0.496 e. The highest BCUT2D eigenvalue weighted by atomic mass is 127. The Morgan fingerprint density at radius 2 is 1.93 bits per heavy atom. The molecule has 0 aromatic heterocycles. The van der Waals surface area contributed by atoms with E-state index in [2.05, 4.69) is 64.0 Å². The summed E-state index contributed by atoms with van der Waals surface area (Å²) in [5.41, 5.74) is 9.81. The third kappa shape index (κ3) is 6.09. The van der Waals surface area contributed by atoms with Gasteiger partial charge in [-0.2, -0.15) is 0 Å². The predicted molar refractivity (Wildman–Crippen MR) is 127 cm³/mol. The number of carbonyl (C=O) groups excluding carboxylic acids is 1. The van der Waals surface area contributed by atoms with Crippen molar-refractivity contribution in [2.75, 3.05) is 32.5 Å². The highest BCUT2D eigenvalue weighted by molar-refractivity contribution is 14.1. The van der Waals surface area contributed by atoms with Gasteiger partial charge in [0.15, 0.2) is 0 Å². The van der Waals surface area contributed by atoms with Gasteiger partial charge in [0.05, 0.1) is 12.7 Å². The first-order valence-corrected chi connectivity index (χ1v) is 11.3. The number of nitrogens with two attached hydrogens (primary N) is 1. The van der Waals surface area contributed by atoms with Gasteiger partial charge in [-0.05, 0) is 73.4 Å². The first-order chi connectivity index (χ1) is 14.0. The smallest absolute Gasteiger partial charge is 0.255 e. The molecule has 0 radical (unpaired) electrons. The van der Waals surface area contributed by atoms with Crippen LogP contribution in [0.25, 0.3) is 0 Å². The molecule has 1 saturated heterocycles. The summed E-state index contributed by atoms with van der Waals surface area (Å²) in [6, 6.07) is 12.5. The fourth-order valence-corrected chi connectivity index (χ4v) is 4.21. The zero-order valence-electron chi connectivity index (χ0n) is 17.2. The van der Waals surface area contributed by atoms with Crippen molar-refractivity contribution < 1.29 is 9.53 Å². The van der Waals surface area contributed by atoms with Crippen LogP contribution in [0.1, 0.15) is 40.7 Å². The van der Waals surface area contributed by atoms with Gasteiger partial charge in [0.1, 0.15) is 5.75 Å². The number of aryl methyl sites for hydroxylation is 2. The van der Waals surface area contributed by atoms with E-state index in [0.717, 1.165) is 42.5 Å². The molecule has 29 heavy (non-hydrogen) atoms. The summed E-state index contributed by atoms with van der Waals surface area (Å²) in [7, 11) is 1.56. The van der Waals surface area contributed by atoms with Crippen LogP contribution in [0.2, 0.25) is 0 Å². The van der Waals surface area contributed by atoms with E-state index < -0.39 is 0 Å². The predicted octanol–water partition coefficient (Wildman–Crippen LogP) is 4.02. The normalized spacial score (nSPS) is 15.3. The Kier molecular flexibility index (Phi) is 7.77. The van der Waals surface area contributed by atoms with Crippen LogP contribution < -0.4 is 15.8 Å². The molecule has 1 aliphatic rings. The number of nitrogen functional groups attached to an aromatic ring is 1. The van der Waals surface area contributed by atoms with Crippen LogP contribution in [-0.2, 0) is 6.42 Å². The molecule has 1 heterocycles. The minimum Gasteiger partial charge on any atom is -0.496 e. The molecule has 3 rings (SSSR count). The summed E-state index contributed by atoms with van der Waals surface area (Å²) in [5, 5.41) is 3.17. The molecule has 1 aliphatic heterocycles. The lowest BCUT2D eigenvalue weighted by Gasteiger charge is -2.32. The Morgan fingerprint density at radius 3 is 2.59 bits per heavy atom. The number of hydrogen-bond donors (Lipinski definition) is 2. The van der Waals surface area contributed by atoms with Crippen LogP contribution >= 0.6 is 22.6 Å². The van der Waals surface area contributed by atoms with Crippen molar-refractivity contribution in [1.82, 2.24) is 10.2 Å². The molecule has 1 amide bonds. The second kappa shape index (κ2) is 10.3. The monoisotopic (exact) mass is 507 g/mol. The average molecular weight is 507 g/mol. The number of hydrogen-bond acceptors (Lipinski definition) is 4. The van der Waals surface area contributed by atoms with Crippen molar-refractivity contribution in [3.05, 3.63) is 56.7 Å². The van der Waals surface area contributed by atoms with Gasteiger partial charge in [0.2, 0.25) is 0 Å². The SMILES string of the molecule is COc1cc(N)c(I)cc1C(=O)NC1CCN(CCCc2ccc(C)cc2)CC1. The van der Waals surface area contributed by atoms with Gasteiger partial charge in [0, 0.05) is 34.5 Å². The van der Waals surface area contributed by atoms with E-state index in [1.165, 1.54) is 17.5 Å². The van der Waals surface area contributed by atoms with Crippen molar-refractivity contribution in [2.45, 2.75) is 38.6 Å². The van der Waals surface area contributed by atoms with E-state index in [9.17, 15) is 4.79 Å². The van der Waals surface area contributed by atoms with Crippen LogP contribution in [0.3, 0.4) is 0 Å². The second-order valence-electron chi connectivity index (χ2n) is 7.75. The van der Waals surface area contributed by atoms with Crippen molar-refractivity contribution >= 4 is 34.2 Å². The molecule has 0 bridgehead atoms. The van der Waals surface area contributed by atoms with Gasteiger partial charge in [0.25, 0.3) is 5.91 Å². The first kappa shape index (κ1) is 21.9. The van der Waals surface area contributed by atoms with E-state index in [4.69, 9.17) is 10.5 Å². The topological polar surface area (TPSA) is 67.6 Å². The minimum absolute atomic E-state index is 0.0856. The van der Waals surface area contributed by atoms with Gasteiger partial charge in [-0.25, -0.2) is 0 Å². The number of ether oxygens (including phenoxy) is 1. The summed E-state index contributed by atoms with van der Waals surface area (Å²) in [4.78, 5) is 15.2. The zero-order chi connectivity index (χ0) is 20.8. The number of methoxy groups -OCH3 is 1. The van der Waals surface area contributed by atoms with E-state index in [-0.39, 0.29) is 11.9 Å². The van der Waals surface area contributed by atoms with Crippen molar-refractivity contribution in [1.29, 1.82) is 0 Å². The molecule has 0 atom stereocenters. The Morgan fingerprint density at radius 1 is 1.24 bits per heavy atom. The van der Waals surface area contributed by atoms with Crippen LogP contribution in [0, 0.1) is 10.5 Å². The number of piperidine rings is 1. The second-order valence-corrected chi connectivity index (χ2v) is 8.91. The minimum atomic E-state index is -0.0856. The fraction of sp³-hybridized carbons (Fsp3) is 0.435. The number of nitrogens with one attached hydrogen (secondary N) is 1. The van der Waals surface area contributed by atoms with Crippen LogP contribution in [0.4, 0.5) is 5.69 Å². The standard InChI is InChI=1S/C23H30IN3O2/c1-16-5-7-17(8-6-16)4-3-11-27-12-9-18(10-13-27)26-23(28)19-14-20(24)21(25)15-22(19)29-2/h5-8,14-15,18H,3-4,9-13,25H2,1-2H3,(H,26,28). The Balaban J connectivity index is 1.44. The van der Waals surface area contributed by atoms with Crippen LogP contribution in [0.5, 0.6) is 5.75 Å². The molecule has 2 aromatic carbocycles. The molecule has 6 heteroatoms. The molecule has 5 nitrogen and oxygen atoms in total. The quantitative estimate of drug-likeness (QED) is 0.439. The van der Waals surface area contributed by atoms with Crippen LogP contribution in [0.15, 0.2) is 36.4 Å². The number of nitrogens with zero attached hydrogens (tertiary/aromatic N) is 1. The van der Waals surface area contributed by atoms with Gasteiger partial charge in [-0.1, -0.05) is 29.8 Å². The maximum atomic E-state index is 12.7. The molecule has 3 N–H and O–H groups in total. The number of benzene rings is 2. The van der Waals surface area contributed by atoms with Gasteiger partial charge < -0.3 is 20.7 Å². The summed E-state index contributed by atoms with van der Waals surface area (Å²) in [6.07, 6.45) is 4.24. The Bertz CT molecular complexity index is 831. The number of rotatable bonds is 7. The lowest BCUT2D eigenvalue weighted by atomic mass is 10.0. The van der Waals surface area contributed by atoms with E-state index in [1.807, 2.05) is 0 Å². The summed E-state index contributed by atoms with van der Waals surface area (Å²) < 4.78 is 6.20.